The lowest BCUT2D eigenvalue weighted by Gasteiger charge is -2.24. The topological polar surface area (TPSA) is 66.5 Å². The standard InChI is InChI=1S/C22H20Cl2N2O3S/c1-15-6-9-19(10-7-15)30(28,29)26(18-5-3-4-16(2)12-18)14-22(27)25-17-8-11-20(23)21(24)13-17/h3-13H,14H2,1-2H3,(H,25,27). The van der Waals surface area contributed by atoms with E-state index < -0.39 is 22.5 Å². The van der Waals surface area contributed by atoms with Crippen molar-refractivity contribution < 1.29 is 13.2 Å². The van der Waals surface area contributed by atoms with E-state index in [4.69, 9.17) is 23.2 Å². The van der Waals surface area contributed by atoms with Crippen LogP contribution in [0.25, 0.3) is 0 Å². The molecule has 3 aromatic rings. The Hall–Kier alpha value is -2.54. The Morgan fingerprint density at radius 3 is 2.23 bits per heavy atom. The van der Waals surface area contributed by atoms with Crippen molar-refractivity contribution in [3.05, 3.63) is 87.9 Å². The number of hydrogen-bond donors (Lipinski definition) is 1. The molecule has 0 heterocycles. The predicted octanol–water partition coefficient (Wildman–Crippen LogP) is 5.44. The van der Waals surface area contributed by atoms with Gasteiger partial charge >= 0.3 is 0 Å². The molecule has 0 spiro atoms. The molecule has 0 aromatic heterocycles. The number of anilines is 2. The van der Waals surface area contributed by atoms with E-state index in [1.54, 1.807) is 42.5 Å². The van der Waals surface area contributed by atoms with Crippen molar-refractivity contribution in [2.75, 3.05) is 16.2 Å². The van der Waals surface area contributed by atoms with Crippen LogP contribution in [0, 0.1) is 13.8 Å². The normalized spacial score (nSPS) is 11.2. The number of nitrogens with zero attached hydrogens (tertiary/aromatic N) is 1. The molecule has 8 heteroatoms. The van der Waals surface area contributed by atoms with Gasteiger partial charge in [0.15, 0.2) is 0 Å². The quantitative estimate of drug-likeness (QED) is 0.529. The van der Waals surface area contributed by atoms with Gasteiger partial charge in [-0.1, -0.05) is 53.0 Å². The summed E-state index contributed by atoms with van der Waals surface area (Å²) in [5, 5.41) is 3.32. The Morgan fingerprint density at radius 2 is 1.60 bits per heavy atom. The highest BCUT2D eigenvalue weighted by molar-refractivity contribution is 7.92. The minimum Gasteiger partial charge on any atom is -0.324 e. The summed E-state index contributed by atoms with van der Waals surface area (Å²) in [6, 6.07) is 18.1. The van der Waals surface area contributed by atoms with E-state index in [0.29, 0.717) is 16.4 Å². The van der Waals surface area contributed by atoms with Crippen LogP contribution in [-0.2, 0) is 14.8 Å². The molecule has 0 bridgehead atoms. The minimum absolute atomic E-state index is 0.108. The van der Waals surface area contributed by atoms with Gasteiger partial charge in [-0.2, -0.15) is 0 Å². The second-order valence-electron chi connectivity index (χ2n) is 6.84. The van der Waals surface area contributed by atoms with Crippen LogP contribution < -0.4 is 9.62 Å². The van der Waals surface area contributed by atoms with Crippen molar-refractivity contribution in [1.82, 2.24) is 0 Å². The average Bonchev–Trinajstić information content (AvgIpc) is 2.69. The van der Waals surface area contributed by atoms with Crippen molar-refractivity contribution in [2.45, 2.75) is 18.7 Å². The second kappa shape index (κ2) is 9.08. The molecule has 0 radical (unpaired) electrons. The molecule has 3 aromatic carbocycles. The van der Waals surface area contributed by atoms with Gasteiger partial charge in [0.2, 0.25) is 5.91 Å². The third kappa shape index (κ3) is 5.14. The van der Waals surface area contributed by atoms with Gasteiger partial charge in [0.25, 0.3) is 10.0 Å². The number of nitrogens with one attached hydrogen (secondary N) is 1. The third-order valence-electron chi connectivity index (χ3n) is 4.39. The fourth-order valence-electron chi connectivity index (χ4n) is 2.84. The highest BCUT2D eigenvalue weighted by Crippen LogP contribution is 2.27. The number of benzene rings is 3. The molecular formula is C22H20Cl2N2O3S. The minimum atomic E-state index is -3.96. The first-order chi connectivity index (χ1) is 14.2. The van der Waals surface area contributed by atoms with E-state index >= 15 is 0 Å². The molecule has 30 heavy (non-hydrogen) atoms. The van der Waals surface area contributed by atoms with E-state index in [2.05, 4.69) is 5.32 Å². The summed E-state index contributed by atoms with van der Waals surface area (Å²) in [6.07, 6.45) is 0. The van der Waals surface area contributed by atoms with Gasteiger partial charge in [0, 0.05) is 5.69 Å². The maximum atomic E-state index is 13.3. The van der Waals surface area contributed by atoms with Crippen LogP contribution in [0.4, 0.5) is 11.4 Å². The van der Waals surface area contributed by atoms with Gasteiger partial charge in [0.1, 0.15) is 6.54 Å². The van der Waals surface area contributed by atoms with E-state index in [1.807, 2.05) is 19.9 Å². The van der Waals surface area contributed by atoms with Crippen LogP contribution >= 0.6 is 23.2 Å². The summed E-state index contributed by atoms with van der Waals surface area (Å²) >= 11 is 11.9. The van der Waals surface area contributed by atoms with Crippen LogP contribution in [0.2, 0.25) is 10.0 Å². The Morgan fingerprint density at radius 1 is 0.900 bits per heavy atom. The van der Waals surface area contributed by atoms with Crippen molar-refractivity contribution in [3.63, 3.8) is 0 Å². The monoisotopic (exact) mass is 462 g/mol. The Bertz CT molecular complexity index is 1180. The zero-order valence-electron chi connectivity index (χ0n) is 16.4. The molecule has 1 amide bonds. The molecule has 5 nitrogen and oxygen atoms in total. The van der Waals surface area contributed by atoms with Crippen LogP contribution in [0.1, 0.15) is 11.1 Å². The number of carbonyl (C=O) groups excluding carboxylic acids is 1. The van der Waals surface area contributed by atoms with E-state index in [1.165, 1.54) is 18.2 Å². The highest BCUT2D eigenvalue weighted by Gasteiger charge is 2.27. The van der Waals surface area contributed by atoms with Crippen molar-refractivity contribution >= 4 is 50.5 Å². The highest BCUT2D eigenvalue weighted by atomic mass is 35.5. The zero-order valence-corrected chi connectivity index (χ0v) is 18.7. The van der Waals surface area contributed by atoms with Gasteiger partial charge in [-0.25, -0.2) is 8.42 Å². The molecule has 0 aliphatic heterocycles. The van der Waals surface area contributed by atoms with Gasteiger partial charge in [0.05, 0.1) is 20.6 Å². The molecule has 0 aliphatic carbocycles. The molecule has 0 unspecified atom stereocenters. The predicted molar refractivity (Wildman–Crippen MR) is 122 cm³/mol. The number of amides is 1. The van der Waals surface area contributed by atoms with E-state index in [9.17, 15) is 13.2 Å². The molecule has 0 fully saturated rings. The van der Waals surface area contributed by atoms with Gasteiger partial charge in [-0.05, 0) is 61.9 Å². The van der Waals surface area contributed by atoms with Crippen LogP contribution in [0.5, 0.6) is 0 Å². The van der Waals surface area contributed by atoms with Crippen molar-refractivity contribution in [1.29, 1.82) is 0 Å². The second-order valence-corrected chi connectivity index (χ2v) is 9.52. The first kappa shape index (κ1) is 22.2. The van der Waals surface area contributed by atoms with E-state index in [0.717, 1.165) is 15.4 Å². The van der Waals surface area contributed by atoms with Crippen molar-refractivity contribution in [3.8, 4) is 0 Å². The molecule has 0 saturated carbocycles. The third-order valence-corrected chi connectivity index (χ3v) is 6.92. The summed E-state index contributed by atoms with van der Waals surface area (Å²) in [5.74, 6) is -0.509. The lowest BCUT2D eigenvalue weighted by Crippen LogP contribution is -2.38. The number of sulfonamides is 1. The Balaban J connectivity index is 1.94. The maximum Gasteiger partial charge on any atom is 0.264 e. The largest absolute Gasteiger partial charge is 0.324 e. The number of rotatable bonds is 6. The fraction of sp³-hybridized carbons (Fsp3) is 0.136. The SMILES string of the molecule is Cc1ccc(S(=O)(=O)N(CC(=O)Nc2ccc(Cl)c(Cl)c2)c2cccc(C)c2)cc1. The smallest absolute Gasteiger partial charge is 0.264 e. The van der Waals surface area contributed by atoms with Crippen LogP contribution in [0.3, 0.4) is 0 Å². The molecule has 156 valence electrons. The number of hydrogen-bond acceptors (Lipinski definition) is 3. The lowest BCUT2D eigenvalue weighted by atomic mass is 10.2. The first-order valence-electron chi connectivity index (χ1n) is 9.08. The molecule has 0 saturated heterocycles. The number of halogens is 2. The van der Waals surface area contributed by atoms with Gasteiger partial charge < -0.3 is 5.32 Å². The van der Waals surface area contributed by atoms with Gasteiger partial charge in [-0.3, -0.25) is 9.10 Å². The summed E-state index contributed by atoms with van der Waals surface area (Å²) in [4.78, 5) is 12.8. The average molecular weight is 463 g/mol. The number of aryl methyl sites for hydroxylation is 2. The first-order valence-corrected chi connectivity index (χ1v) is 11.3. The Labute approximate surface area is 186 Å². The Kier molecular flexibility index (Phi) is 6.71. The molecular weight excluding hydrogens is 443 g/mol. The maximum absolute atomic E-state index is 13.3. The molecule has 0 atom stereocenters. The zero-order chi connectivity index (χ0) is 21.9. The summed E-state index contributed by atoms with van der Waals surface area (Å²) in [6.45, 7) is 3.33. The fourth-order valence-corrected chi connectivity index (χ4v) is 4.55. The summed E-state index contributed by atoms with van der Waals surface area (Å²) in [5.41, 5.74) is 2.64. The summed E-state index contributed by atoms with van der Waals surface area (Å²) in [7, 11) is -3.96. The molecule has 0 aliphatic rings. The van der Waals surface area contributed by atoms with Crippen LogP contribution in [0.15, 0.2) is 71.6 Å². The van der Waals surface area contributed by atoms with Gasteiger partial charge in [-0.15, -0.1) is 0 Å². The summed E-state index contributed by atoms with van der Waals surface area (Å²) < 4.78 is 27.8. The van der Waals surface area contributed by atoms with Crippen LogP contribution in [-0.4, -0.2) is 20.9 Å². The van der Waals surface area contributed by atoms with Crippen molar-refractivity contribution in [2.24, 2.45) is 0 Å². The van der Waals surface area contributed by atoms with E-state index in [-0.39, 0.29) is 9.92 Å². The number of carbonyl (C=O) groups is 1. The lowest BCUT2D eigenvalue weighted by molar-refractivity contribution is -0.114. The molecule has 3 rings (SSSR count). The molecule has 1 N–H and O–H groups in total.